The van der Waals surface area contributed by atoms with Gasteiger partial charge in [-0.15, -0.1) is 11.3 Å². The molecule has 0 atom stereocenters. The van der Waals surface area contributed by atoms with Crippen LogP contribution in [0, 0.1) is 0 Å². The SMILES string of the molecule is COc1cc(OC)cc(-c2ccsc2CN)c1. The molecule has 3 nitrogen and oxygen atoms in total. The van der Waals surface area contributed by atoms with E-state index in [2.05, 4.69) is 6.07 Å². The largest absolute Gasteiger partial charge is 0.497 e. The molecule has 0 saturated heterocycles. The standard InChI is InChI=1S/C13H15NO2S/c1-15-10-5-9(6-11(7-10)16-2)12-3-4-17-13(12)8-14/h3-7H,8,14H2,1-2H3. The number of thiophene rings is 1. The van der Waals surface area contributed by atoms with Crippen LogP contribution in [0.1, 0.15) is 4.88 Å². The van der Waals surface area contributed by atoms with Crippen LogP contribution in [0.5, 0.6) is 11.5 Å². The Hall–Kier alpha value is -1.52. The molecule has 0 aliphatic rings. The minimum Gasteiger partial charge on any atom is -0.497 e. The van der Waals surface area contributed by atoms with Gasteiger partial charge in [-0.1, -0.05) is 0 Å². The lowest BCUT2D eigenvalue weighted by molar-refractivity contribution is 0.394. The Balaban J connectivity index is 2.51. The van der Waals surface area contributed by atoms with Crippen LogP contribution in [0.4, 0.5) is 0 Å². The first-order valence-corrected chi connectivity index (χ1v) is 6.16. The van der Waals surface area contributed by atoms with E-state index < -0.39 is 0 Å². The van der Waals surface area contributed by atoms with E-state index in [1.165, 1.54) is 4.88 Å². The Morgan fingerprint density at radius 2 is 1.76 bits per heavy atom. The maximum Gasteiger partial charge on any atom is 0.123 e. The van der Waals surface area contributed by atoms with Gasteiger partial charge in [0.15, 0.2) is 0 Å². The third-order valence-corrected chi connectivity index (χ3v) is 3.54. The van der Waals surface area contributed by atoms with Crippen LogP contribution in [0.25, 0.3) is 11.1 Å². The van der Waals surface area contributed by atoms with Gasteiger partial charge in [0.2, 0.25) is 0 Å². The van der Waals surface area contributed by atoms with Crippen molar-refractivity contribution in [3.63, 3.8) is 0 Å². The van der Waals surface area contributed by atoms with E-state index in [0.29, 0.717) is 6.54 Å². The second kappa shape index (κ2) is 5.21. The topological polar surface area (TPSA) is 44.5 Å². The van der Waals surface area contributed by atoms with Crippen molar-refractivity contribution in [3.8, 4) is 22.6 Å². The molecule has 0 spiro atoms. The van der Waals surface area contributed by atoms with Gasteiger partial charge in [-0.3, -0.25) is 0 Å². The van der Waals surface area contributed by atoms with Crippen LogP contribution in [0.15, 0.2) is 29.6 Å². The minimum absolute atomic E-state index is 0.548. The molecule has 1 heterocycles. The minimum atomic E-state index is 0.548. The first-order valence-electron chi connectivity index (χ1n) is 5.28. The molecule has 2 rings (SSSR count). The number of ether oxygens (including phenoxy) is 2. The van der Waals surface area contributed by atoms with Crippen LogP contribution < -0.4 is 15.2 Å². The van der Waals surface area contributed by atoms with Crippen molar-refractivity contribution in [3.05, 3.63) is 34.5 Å². The predicted octanol–water partition coefficient (Wildman–Crippen LogP) is 2.89. The van der Waals surface area contributed by atoms with Crippen LogP contribution in [0.2, 0.25) is 0 Å². The third-order valence-electron chi connectivity index (χ3n) is 2.59. The molecule has 4 heteroatoms. The second-order valence-corrected chi connectivity index (χ2v) is 4.56. The van der Waals surface area contributed by atoms with Crippen LogP contribution in [-0.2, 0) is 6.54 Å². The van der Waals surface area contributed by atoms with Gasteiger partial charge in [0.25, 0.3) is 0 Å². The molecule has 0 radical (unpaired) electrons. The molecule has 0 aliphatic carbocycles. The van der Waals surface area contributed by atoms with E-state index >= 15 is 0 Å². The summed E-state index contributed by atoms with van der Waals surface area (Å²) in [5.74, 6) is 1.57. The molecule has 0 bridgehead atoms. The van der Waals surface area contributed by atoms with Crippen LogP contribution in [0.3, 0.4) is 0 Å². The molecule has 17 heavy (non-hydrogen) atoms. The Morgan fingerprint density at radius 1 is 1.12 bits per heavy atom. The van der Waals surface area contributed by atoms with E-state index in [4.69, 9.17) is 15.2 Å². The summed E-state index contributed by atoms with van der Waals surface area (Å²) in [6, 6.07) is 7.91. The van der Waals surface area contributed by atoms with Gasteiger partial charge in [-0.2, -0.15) is 0 Å². The smallest absolute Gasteiger partial charge is 0.123 e. The van der Waals surface area contributed by atoms with Gasteiger partial charge in [0.1, 0.15) is 11.5 Å². The van der Waals surface area contributed by atoms with E-state index in [-0.39, 0.29) is 0 Å². The molecular formula is C13H15NO2S. The van der Waals surface area contributed by atoms with E-state index in [1.54, 1.807) is 25.6 Å². The molecule has 90 valence electrons. The summed E-state index contributed by atoms with van der Waals surface area (Å²) in [6.45, 7) is 0.548. The lowest BCUT2D eigenvalue weighted by atomic mass is 10.1. The van der Waals surface area contributed by atoms with Gasteiger partial charge < -0.3 is 15.2 Å². The van der Waals surface area contributed by atoms with Crippen molar-refractivity contribution in [2.24, 2.45) is 5.73 Å². The Kier molecular flexibility index (Phi) is 3.66. The highest BCUT2D eigenvalue weighted by Crippen LogP contribution is 2.33. The lowest BCUT2D eigenvalue weighted by Crippen LogP contribution is -1.95. The quantitative estimate of drug-likeness (QED) is 0.906. The Labute approximate surface area is 105 Å². The van der Waals surface area contributed by atoms with Gasteiger partial charge in [-0.25, -0.2) is 0 Å². The predicted molar refractivity (Wildman–Crippen MR) is 70.8 cm³/mol. The Bertz CT molecular complexity index is 486. The first-order chi connectivity index (χ1) is 8.28. The molecule has 0 saturated carbocycles. The number of hydrogen-bond donors (Lipinski definition) is 1. The monoisotopic (exact) mass is 249 g/mol. The number of methoxy groups -OCH3 is 2. The van der Waals surface area contributed by atoms with E-state index in [0.717, 1.165) is 22.6 Å². The highest BCUT2D eigenvalue weighted by molar-refractivity contribution is 7.10. The average Bonchev–Trinajstić information content (AvgIpc) is 2.86. The maximum absolute atomic E-state index is 5.72. The molecule has 1 aromatic carbocycles. The number of benzene rings is 1. The fourth-order valence-corrected chi connectivity index (χ4v) is 2.50. The van der Waals surface area contributed by atoms with Crippen molar-refractivity contribution in [1.29, 1.82) is 0 Å². The zero-order valence-electron chi connectivity index (χ0n) is 9.90. The fourth-order valence-electron chi connectivity index (χ4n) is 1.72. The van der Waals surface area contributed by atoms with Crippen molar-refractivity contribution in [1.82, 2.24) is 0 Å². The lowest BCUT2D eigenvalue weighted by Gasteiger charge is -2.08. The summed E-state index contributed by atoms with van der Waals surface area (Å²) in [5, 5.41) is 2.05. The van der Waals surface area contributed by atoms with Crippen molar-refractivity contribution in [2.75, 3.05) is 14.2 Å². The van der Waals surface area contributed by atoms with E-state index in [9.17, 15) is 0 Å². The third kappa shape index (κ3) is 2.43. The Morgan fingerprint density at radius 3 is 2.29 bits per heavy atom. The van der Waals surface area contributed by atoms with Crippen LogP contribution >= 0.6 is 11.3 Å². The number of rotatable bonds is 4. The van der Waals surface area contributed by atoms with Gasteiger partial charge >= 0.3 is 0 Å². The summed E-state index contributed by atoms with van der Waals surface area (Å²) in [5.41, 5.74) is 7.94. The zero-order valence-corrected chi connectivity index (χ0v) is 10.7. The summed E-state index contributed by atoms with van der Waals surface area (Å²) >= 11 is 1.66. The summed E-state index contributed by atoms with van der Waals surface area (Å²) in [4.78, 5) is 1.17. The number of hydrogen-bond acceptors (Lipinski definition) is 4. The average molecular weight is 249 g/mol. The van der Waals surface area contributed by atoms with Crippen molar-refractivity contribution >= 4 is 11.3 Å². The highest BCUT2D eigenvalue weighted by Gasteiger charge is 2.08. The highest BCUT2D eigenvalue weighted by atomic mass is 32.1. The molecule has 0 fully saturated rings. The zero-order chi connectivity index (χ0) is 12.3. The molecule has 1 aromatic heterocycles. The van der Waals surface area contributed by atoms with Crippen LogP contribution in [-0.4, -0.2) is 14.2 Å². The fraction of sp³-hybridized carbons (Fsp3) is 0.231. The van der Waals surface area contributed by atoms with E-state index in [1.807, 2.05) is 23.6 Å². The van der Waals surface area contributed by atoms with Gasteiger partial charge in [0, 0.05) is 17.5 Å². The summed E-state index contributed by atoms with van der Waals surface area (Å²) in [7, 11) is 3.30. The first kappa shape index (κ1) is 12.0. The second-order valence-electron chi connectivity index (χ2n) is 3.56. The molecule has 0 aliphatic heterocycles. The van der Waals surface area contributed by atoms with Gasteiger partial charge in [-0.05, 0) is 34.7 Å². The molecule has 0 amide bonds. The molecule has 2 aromatic rings. The summed E-state index contributed by atoms with van der Waals surface area (Å²) < 4.78 is 10.5. The van der Waals surface area contributed by atoms with Crippen molar-refractivity contribution in [2.45, 2.75) is 6.54 Å². The van der Waals surface area contributed by atoms with Gasteiger partial charge in [0.05, 0.1) is 14.2 Å². The molecular weight excluding hydrogens is 234 g/mol. The maximum atomic E-state index is 5.72. The number of nitrogens with two attached hydrogens (primary N) is 1. The summed E-state index contributed by atoms with van der Waals surface area (Å²) in [6.07, 6.45) is 0. The van der Waals surface area contributed by atoms with Crippen molar-refractivity contribution < 1.29 is 9.47 Å². The molecule has 0 unspecified atom stereocenters. The normalized spacial score (nSPS) is 10.3. The molecule has 2 N–H and O–H groups in total.